The lowest BCUT2D eigenvalue weighted by molar-refractivity contribution is -0.389. The summed E-state index contributed by atoms with van der Waals surface area (Å²) in [6.07, 6.45) is 1.10. The van der Waals surface area contributed by atoms with Gasteiger partial charge in [-0.1, -0.05) is 4.80 Å². The maximum Gasteiger partial charge on any atom is 0.410 e. The standard InChI is InChI=1S/C5H9N5O2/c1-4(2-6)9-7-3-5(8-9)10(11)12/h3-4H,2,6H2,1H3. The Balaban J connectivity index is 2.84. The van der Waals surface area contributed by atoms with E-state index in [1.165, 1.54) is 4.80 Å². The smallest absolute Gasteiger partial charge is 0.358 e. The molecular weight excluding hydrogens is 162 g/mol. The van der Waals surface area contributed by atoms with Crippen molar-refractivity contribution in [1.82, 2.24) is 15.0 Å². The molecule has 0 aliphatic carbocycles. The van der Waals surface area contributed by atoms with Crippen LogP contribution in [0.5, 0.6) is 0 Å². The van der Waals surface area contributed by atoms with Gasteiger partial charge in [0.2, 0.25) is 0 Å². The zero-order valence-corrected chi connectivity index (χ0v) is 6.54. The van der Waals surface area contributed by atoms with Crippen molar-refractivity contribution in [3.05, 3.63) is 16.3 Å². The first-order chi connectivity index (χ1) is 5.65. The fourth-order valence-corrected chi connectivity index (χ4v) is 0.658. The van der Waals surface area contributed by atoms with Gasteiger partial charge in [-0.15, -0.1) is 5.10 Å². The Labute approximate surface area is 68.3 Å². The lowest BCUT2D eigenvalue weighted by atomic mass is 10.4. The van der Waals surface area contributed by atoms with Crippen LogP contribution in [0.4, 0.5) is 5.82 Å². The summed E-state index contributed by atoms with van der Waals surface area (Å²) < 4.78 is 0. The maximum atomic E-state index is 10.2. The first kappa shape index (κ1) is 8.60. The minimum Gasteiger partial charge on any atom is -0.358 e. The summed E-state index contributed by atoms with van der Waals surface area (Å²) in [6.45, 7) is 2.13. The van der Waals surface area contributed by atoms with E-state index in [1.54, 1.807) is 6.92 Å². The highest BCUT2D eigenvalue weighted by molar-refractivity contribution is 5.08. The predicted octanol–water partition coefficient (Wildman–Crippen LogP) is -0.294. The van der Waals surface area contributed by atoms with Crippen LogP contribution < -0.4 is 5.73 Å². The van der Waals surface area contributed by atoms with E-state index in [9.17, 15) is 10.1 Å². The van der Waals surface area contributed by atoms with Gasteiger partial charge in [-0.3, -0.25) is 0 Å². The predicted molar refractivity (Wildman–Crippen MR) is 40.4 cm³/mol. The van der Waals surface area contributed by atoms with Crippen LogP contribution in [-0.2, 0) is 0 Å². The molecule has 12 heavy (non-hydrogen) atoms. The van der Waals surface area contributed by atoms with Crippen LogP contribution in [0.25, 0.3) is 0 Å². The van der Waals surface area contributed by atoms with Crippen molar-refractivity contribution in [2.75, 3.05) is 6.54 Å². The normalized spacial score (nSPS) is 12.8. The van der Waals surface area contributed by atoms with Crippen LogP contribution >= 0.6 is 0 Å². The third-order valence-corrected chi connectivity index (χ3v) is 1.42. The Bertz CT molecular complexity index is 283. The van der Waals surface area contributed by atoms with Gasteiger partial charge in [0.25, 0.3) is 0 Å². The van der Waals surface area contributed by atoms with Gasteiger partial charge in [-0.2, -0.15) is 0 Å². The molecule has 0 spiro atoms. The minimum absolute atomic E-state index is 0.112. The summed E-state index contributed by atoms with van der Waals surface area (Å²) in [6, 6.07) is -0.112. The monoisotopic (exact) mass is 171 g/mol. The third-order valence-electron chi connectivity index (χ3n) is 1.42. The van der Waals surface area contributed by atoms with E-state index in [4.69, 9.17) is 5.73 Å². The van der Waals surface area contributed by atoms with Gasteiger partial charge in [0.1, 0.15) is 6.04 Å². The lowest BCUT2D eigenvalue weighted by Crippen LogP contribution is -2.18. The SMILES string of the molecule is CC(CN)n1ncc([N+](=O)[O-])n1. The van der Waals surface area contributed by atoms with Crippen molar-refractivity contribution in [3.8, 4) is 0 Å². The Hall–Kier alpha value is -1.50. The second-order valence-electron chi connectivity index (χ2n) is 2.36. The summed E-state index contributed by atoms with van der Waals surface area (Å²) in [4.78, 5) is 10.8. The van der Waals surface area contributed by atoms with E-state index in [-0.39, 0.29) is 11.9 Å². The minimum atomic E-state index is -0.591. The topological polar surface area (TPSA) is 99.9 Å². The second-order valence-corrected chi connectivity index (χ2v) is 2.36. The summed E-state index contributed by atoms with van der Waals surface area (Å²) in [7, 11) is 0. The molecule has 0 radical (unpaired) electrons. The molecule has 1 aromatic rings. The molecule has 1 unspecified atom stereocenters. The highest BCUT2D eigenvalue weighted by Crippen LogP contribution is 2.06. The largest absolute Gasteiger partial charge is 0.410 e. The number of aromatic nitrogens is 3. The molecule has 1 heterocycles. The molecule has 0 fully saturated rings. The molecule has 1 atom stereocenters. The summed E-state index contributed by atoms with van der Waals surface area (Å²) in [5.41, 5.74) is 5.32. The van der Waals surface area contributed by atoms with Crippen molar-refractivity contribution >= 4 is 5.82 Å². The highest BCUT2D eigenvalue weighted by Gasteiger charge is 2.15. The van der Waals surface area contributed by atoms with Crippen LogP contribution in [0.2, 0.25) is 0 Å². The lowest BCUT2D eigenvalue weighted by Gasteiger charge is -2.00. The van der Waals surface area contributed by atoms with Gasteiger partial charge in [-0.05, 0) is 11.8 Å². The molecule has 0 saturated heterocycles. The molecule has 66 valence electrons. The average Bonchev–Trinajstić information content (AvgIpc) is 2.51. The van der Waals surface area contributed by atoms with E-state index in [2.05, 4.69) is 10.2 Å². The van der Waals surface area contributed by atoms with E-state index in [0.717, 1.165) is 6.20 Å². The van der Waals surface area contributed by atoms with E-state index in [0.29, 0.717) is 6.54 Å². The van der Waals surface area contributed by atoms with Gasteiger partial charge in [0, 0.05) is 6.54 Å². The maximum absolute atomic E-state index is 10.2. The number of hydrogen-bond acceptors (Lipinski definition) is 5. The molecule has 0 aliphatic rings. The third kappa shape index (κ3) is 1.56. The van der Waals surface area contributed by atoms with Gasteiger partial charge >= 0.3 is 5.82 Å². The van der Waals surface area contributed by atoms with Gasteiger partial charge in [-0.25, -0.2) is 0 Å². The molecule has 1 aromatic heterocycles. The van der Waals surface area contributed by atoms with Crippen molar-refractivity contribution < 1.29 is 4.92 Å². The van der Waals surface area contributed by atoms with Crippen molar-refractivity contribution in [3.63, 3.8) is 0 Å². The summed E-state index contributed by atoms with van der Waals surface area (Å²) in [5, 5.41) is 17.5. The van der Waals surface area contributed by atoms with Crippen LogP contribution in [0.1, 0.15) is 13.0 Å². The van der Waals surface area contributed by atoms with E-state index >= 15 is 0 Å². The van der Waals surface area contributed by atoms with Crippen molar-refractivity contribution in [2.24, 2.45) is 5.73 Å². The molecule has 7 nitrogen and oxygen atoms in total. The quantitative estimate of drug-likeness (QED) is 0.497. The number of nitrogens with zero attached hydrogens (tertiary/aromatic N) is 4. The Morgan fingerprint density at radius 2 is 2.58 bits per heavy atom. The molecule has 0 bridgehead atoms. The molecule has 2 N–H and O–H groups in total. The van der Waals surface area contributed by atoms with Crippen LogP contribution in [0, 0.1) is 10.1 Å². The summed E-state index contributed by atoms with van der Waals surface area (Å²) >= 11 is 0. The van der Waals surface area contributed by atoms with Gasteiger partial charge in [0.15, 0.2) is 6.20 Å². The Morgan fingerprint density at radius 3 is 3.00 bits per heavy atom. The molecule has 0 aromatic carbocycles. The molecule has 7 heteroatoms. The van der Waals surface area contributed by atoms with Crippen molar-refractivity contribution in [2.45, 2.75) is 13.0 Å². The van der Waals surface area contributed by atoms with Gasteiger partial charge < -0.3 is 15.8 Å². The summed E-state index contributed by atoms with van der Waals surface area (Å²) in [5.74, 6) is -0.254. The number of rotatable bonds is 3. The first-order valence-corrected chi connectivity index (χ1v) is 3.41. The number of hydrogen-bond donors (Lipinski definition) is 1. The van der Waals surface area contributed by atoms with Crippen molar-refractivity contribution in [1.29, 1.82) is 0 Å². The molecular formula is C5H9N5O2. The van der Waals surface area contributed by atoms with Crippen LogP contribution in [0.15, 0.2) is 6.20 Å². The molecule has 1 rings (SSSR count). The number of nitro groups is 1. The average molecular weight is 171 g/mol. The number of nitrogens with two attached hydrogens (primary N) is 1. The highest BCUT2D eigenvalue weighted by atomic mass is 16.6. The zero-order valence-electron chi connectivity index (χ0n) is 6.54. The Morgan fingerprint density at radius 1 is 1.92 bits per heavy atom. The first-order valence-electron chi connectivity index (χ1n) is 3.41. The van der Waals surface area contributed by atoms with E-state index < -0.39 is 4.92 Å². The van der Waals surface area contributed by atoms with Gasteiger partial charge in [0.05, 0.1) is 5.10 Å². The fraction of sp³-hybridized carbons (Fsp3) is 0.600. The Kier molecular flexibility index (Phi) is 2.34. The zero-order chi connectivity index (χ0) is 9.14. The fourth-order valence-electron chi connectivity index (χ4n) is 0.658. The molecule has 0 saturated carbocycles. The van der Waals surface area contributed by atoms with E-state index in [1.807, 2.05) is 0 Å². The van der Waals surface area contributed by atoms with Crippen LogP contribution in [-0.4, -0.2) is 26.5 Å². The molecule has 0 amide bonds. The van der Waals surface area contributed by atoms with Crippen LogP contribution in [0.3, 0.4) is 0 Å². The second kappa shape index (κ2) is 3.26. The molecule has 0 aliphatic heterocycles.